The molecule has 0 heterocycles. The number of allylic oxidation sites excluding steroid dienone is 1. The SMILES string of the molecule is C/C(=C\CCO[Si](c1ccccc1)(c1ccccc1)C(C)(C)C)C(F)(F)F. The normalized spacial score (nSPS) is 13.7. The van der Waals surface area contributed by atoms with Crippen molar-refractivity contribution in [2.45, 2.75) is 45.3 Å². The Labute approximate surface area is 161 Å². The number of alkyl halides is 3. The number of hydrogen-bond acceptors (Lipinski definition) is 1. The van der Waals surface area contributed by atoms with Gasteiger partial charge in [0.1, 0.15) is 0 Å². The van der Waals surface area contributed by atoms with Gasteiger partial charge in [-0.15, -0.1) is 0 Å². The van der Waals surface area contributed by atoms with Crippen molar-refractivity contribution >= 4 is 18.7 Å². The standard InChI is InChI=1S/C22H27F3OSi/c1-18(22(23,24)25)12-11-17-26-27(21(2,3)4,19-13-7-5-8-14-19)20-15-9-6-10-16-20/h5-10,12-16H,11,17H2,1-4H3/b18-12+. The average molecular weight is 393 g/mol. The molecule has 0 aromatic heterocycles. The van der Waals surface area contributed by atoms with Crippen LogP contribution < -0.4 is 10.4 Å². The molecule has 0 saturated carbocycles. The van der Waals surface area contributed by atoms with E-state index in [1.54, 1.807) is 0 Å². The highest BCUT2D eigenvalue weighted by Gasteiger charge is 2.49. The van der Waals surface area contributed by atoms with Gasteiger partial charge in [0.05, 0.1) is 0 Å². The second-order valence-electron chi connectivity index (χ2n) is 7.69. The molecule has 0 spiro atoms. The quantitative estimate of drug-likeness (QED) is 0.360. The Hall–Kier alpha value is -1.85. The first-order valence-corrected chi connectivity index (χ1v) is 11.0. The van der Waals surface area contributed by atoms with Crippen molar-refractivity contribution < 1.29 is 17.6 Å². The zero-order valence-electron chi connectivity index (χ0n) is 16.3. The average Bonchev–Trinajstić information content (AvgIpc) is 2.61. The van der Waals surface area contributed by atoms with E-state index in [4.69, 9.17) is 4.43 Å². The molecule has 2 aromatic rings. The largest absolute Gasteiger partial charge is 0.412 e. The first-order valence-electron chi connectivity index (χ1n) is 9.08. The van der Waals surface area contributed by atoms with Crippen molar-refractivity contribution in [3.05, 3.63) is 72.3 Å². The molecule has 0 aliphatic rings. The molecule has 1 nitrogen and oxygen atoms in total. The van der Waals surface area contributed by atoms with E-state index in [0.29, 0.717) is 0 Å². The predicted molar refractivity (Wildman–Crippen MR) is 108 cm³/mol. The van der Waals surface area contributed by atoms with E-state index in [1.165, 1.54) is 6.08 Å². The molecule has 0 atom stereocenters. The van der Waals surface area contributed by atoms with Crippen LogP contribution in [0.3, 0.4) is 0 Å². The summed E-state index contributed by atoms with van der Waals surface area (Å²) in [5.41, 5.74) is -0.575. The lowest BCUT2D eigenvalue weighted by Crippen LogP contribution is -2.66. The summed E-state index contributed by atoms with van der Waals surface area (Å²) in [6.45, 7) is 7.80. The fourth-order valence-corrected chi connectivity index (χ4v) is 7.94. The van der Waals surface area contributed by atoms with E-state index < -0.39 is 20.1 Å². The summed E-state index contributed by atoms with van der Waals surface area (Å²) in [5.74, 6) is 0. The molecule has 0 aliphatic carbocycles. The molecule has 146 valence electrons. The summed E-state index contributed by atoms with van der Waals surface area (Å²) < 4.78 is 44.7. The molecule has 0 amide bonds. The van der Waals surface area contributed by atoms with E-state index in [9.17, 15) is 13.2 Å². The molecule has 0 N–H and O–H groups in total. The maximum Gasteiger partial charge on any atom is 0.412 e. The molecule has 0 radical (unpaired) electrons. The molecular formula is C22H27F3OSi. The number of halogens is 3. The molecule has 0 bridgehead atoms. The third-order valence-corrected chi connectivity index (χ3v) is 9.79. The van der Waals surface area contributed by atoms with Crippen molar-refractivity contribution in [3.63, 3.8) is 0 Å². The molecule has 0 fully saturated rings. The van der Waals surface area contributed by atoms with Crippen molar-refractivity contribution in [1.29, 1.82) is 0 Å². The van der Waals surface area contributed by atoms with Gasteiger partial charge >= 0.3 is 6.18 Å². The Kier molecular flexibility index (Phi) is 6.71. The van der Waals surface area contributed by atoms with Gasteiger partial charge in [0.25, 0.3) is 8.32 Å². The van der Waals surface area contributed by atoms with Crippen LogP contribution in [0.2, 0.25) is 5.04 Å². The van der Waals surface area contributed by atoms with Crippen LogP contribution in [0.15, 0.2) is 72.3 Å². The number of rotatable bonds is 6. The maximum absolute atomic E-state index is 12.7. The summed E-state index contributed by atoms with van der Waals surface area (Å²) in [6.07, 6.45) is -2.83. The topological polar surface area (TPSA) is 9.23 Å². The minimum atomic E-state index is -4.28. The lowest BCUT2D eigenvalue weighted by molar-refractivity contribution is -0.0916. The van der Waals surface area contributed by atoms with Gasteiger partial charge in [0.15, 0.2) is 0 Å². The van der Waals surface area contributed by atoms with Crippen LogP contribution in [0, 0.1) is 0 Å². The minimum Gasteiger partial charge on any atom is -0.407 e. The van der Waals surface area contributed by atoms with Crippen molar-refractivity contribution in [2.75, 3.05) is 6.61 Å². The zero-order chi connectivity index (χ0) is 20.1. The molecular weight excluding hydrogens is 365 g/mol. The van der Waals surface area contributed by atoms with Crippen LogP contribution in [0.1, 0.15) is 34.1 Å². The van der Waals surface area contributed by atoms with E-state index in [2.05, 4.69) is 45.0 Å². The number of benzene rings is 2. The van der Waals surface area contributed by atoms with E-state index >= 15 is 0 Å². The summed E-state index contributed by atoms with van der Waals surface area (Å²) >= 11 is 0. The minimum absolute atomic E-state index is 0.182. The Morgan fingerprint density at radius 2 is 1.33 bits per heavy atom. The number of hydrogen-bond donors (Lipinski definition) is 0. The molecule has 0 unspecified atom stereocenters. The smallest absolute Gasteiger partial charge is 0.407 e. The molecule has 0 aliphatic heterocycles. The highest BCUT2D eigenvalue weighted by Crippen LogP contribution is 2.36. The lowest BCUT2D eigenvalue weighted by Gasteiger charge is -2.43. The Morgan fingerprint density at radius 3 is 1.70 bits per heavy atom. The zero-order valence-corrected chi connectivity index (χ0v) is 17.3. The van der Waals surface area contributed by atoms with Crippen molar-refractivity contribution in [1.82, 2.24) is 0 Å². The van der Waals surface area contributed by atoms with Gasteiger partial charge in [0, 0.05) is 12.2 Å². The Bertz CT molecular complexity index is 707. The Morgan fingerprint density at radius 1 is 0.889 bits per heavy atom. The second-order valence-corrected chi connectivity index (χ2v) is 12.0. The van der Waals surface area contributed by atoms with Crippen molar-refractivity contribution in [2.24, 2.45) is 0 Å². The highest BCUT2D eigenvalue weighted by atomic mass is 28.4. The van der Waals surface area contributed by atoms with Gasteiger partial charge in [-0.1, -0.05) is 87.5 Å². The van der Waals surface area contributed by atoms with Gasteiger partial charge in [0.2, 0.25) is 0 Å². The summed E-state index contributed by atoms with van der Waals surface area (Å²) in [6, 6.07) is 20.2. The van der Waals surface area contributed by atoms with Crippen LogP contribution in [0.25, 0.3) is 0 Å². The van der Waals surface area contributed by atoms with Gasteiger partial charge < -0.3 is 4.43 Å². The van der Waals surface area contributed by atoms with Crippen LogP contribution in [0.4, 0.5) is 13.2 Å². The fraction of sp³-hybridized carbons (Fsp3) is 0.364. The molecule has 0 saturated heterocycles. The monoisotopic (exact) mass is 392 g/mol. The Balaban J connectivity index is 2.41. The van der Waals surface area contributed by atoms with E-state index in [0.717, 1.165) is 17.3 Å². The highest BCUT2D eigenvalue weighted by molar-refractivity contribution is 6.99. The third-order valence-electron chi connectivity index (χ3n) is 4.75. The first-order chi connectivity index (χ1) is 12.6. The van der Waals surface area contributed by atoms with E-state index in [1.807, 2.05) is 36.4 Å². The molecule has 5 heteroatoms. The van der Waals surface area contributed by atoms with Crippen molar-refractivity contribution in [3.8, 4) is 0 Å². The van der Waals surface area contributed by atoms with Gasteiger partial charge in [-0.05, 0) is 28.8 Å². The fourth-order valence-electron chi connectivity index (χ4n) is 3.36. The summed E-state index contributed by atoms with van der Waals surface area (Å²) in [7, 11) is -2.68. The molecule has 2 rings (SSSR count). The summed E-state index contributed by atoms with van der Waals surface area (Å²) in [4.78, 5) is 0. The van der Waals surface area contributed by atoms with Gasteiger partial charge in [-0.3, -0.25) is 0 Å². The van der Waals surface area contributed by atoms with Crippen LogP contribution in [-0.2, 0) is 4.43 Å². The van der Waals surface area contributed by atoms with E-state index in [-0.39, 0.29) is 18.1 Å². The van der Waals surface area contributed by atoms with Crippen LogP contribution in [0.5, 0.6) is 0 Å². The summed E-state index contributed by atoms with van der Waals surface area (Å²) in [5, 5.41) is 2.07. The first kappa shape index (κ1) is 21.4. The third kappa shape index (κ3) is 4.90. The van der Waals surface area contributed by atoms with Crippen LogP contribution >= 0.6 is 0 Å². The van der Waals surface area contributed by atoms with Gasteiger partial charge in [-0.25, -0.2) is 0 Å². The maximum atomic E-state index is 12.7. The van der Waals surface area contributed by atoms with Crippen LogP contribution in [-0.4, -0.2) is 21.1 Å². The van der Waals surface area contributed by atoms with Gasteiger partial charge in [-0.2, -0.15) is 13.2 Å². The lowest BCUT2D eigenvalue weighted by atomic mass is 10.2. The molecule has 2 aromatic carbocycles. The second kappa shape index (κ2) is 8.44. The predicted octanol–water partition coefficient (Wildman–Crippen LogP) is 5.46. The molecule has 27 heavy (non-hydrogen) atoms.